The van der Waals surface area contributed by atoms with E-state index in [4.69, 9.17) is 9.47 Å². The third-order valence-corrected chi connectivity index (χ3v) is 3.04. The van der Waals surface area contributed by atoms with Crippen molar-refractivity contribution in [3.8, 4) is 0 Å². The van der Waals surface area contributed by atoms with Gasteiger partial charge in [0.15, 0.2) is 0 Å². The maximum Gasteiger partial charge on any atom is 0.338 e. The highest BCUT2D eigenvalue weighted by Gasteiger charge is 2.31. The minimum Gasteiger partial charge on any atom is -0.463 e. The number of hydrogen-bond donors (Lipinski definition) is 2. The molecule has 0 aromatic heterocycles. The molecule has 0 spiro atoms. The molecule has 1 aliphatic rings. The Morgan fingerprint density at radius 1 is 1.22 bits per heavy atom. The lowest BCUT2D eigenvalue weighted by Crippen LogP contribution is -2.51. The number of carbonyl (C=O) groups is 3. The third-order valence-electron chi connectivity index (χ3n) is 3.04. The normalized spacial score (nSPS) is 18.0. The molecule has 23 heavy (non-hydrogen) atoms. The standard InChI is InChI=1S/C16H22N2O5/c1-4-7-8-9-13(19)23-10-12-14(15(20)22-6-3)11(5-2)17-16(21)18-12/h4,7-9,11H,5-6,10H2,1-3H3,(H2,17,18,21)/b7-4+,9-8+/t11-/m1/s1. The van der Waals surface area contributed by atoms with Gasteiger partial charge in [0.05, 0.1) is 23.9 Å². The first-order valence-electron chi connectivity index (χ1n) is 7.47. The fourth-order valence-corrected chi connectivity index (χ4v) is 2.01. The molecule has 2 amide bonds. The molecule has 0 aliphatic carbocycles. The van der Waals surface area contributed by atoms with Crippen LogP contribution in [0.15, 0.2) is 35.6 Å². The molecule has 0 saturated heterocycles. The van der Waals surface area contributed by atoms with E-state index < -0.39 is 24.0 Å². The summed E-state index contributed by atoms with van der Waals surface area (Å²) in [6, 6.07) is -0.921. The van der Waals surface area contributed by atoms with Crippen LogP contribution in [0.5, 0.6) is 0 Å². The predicted octanol–water partition coefficient (Wildman–Crippen LogP) is 1.57. The highest BCUT2D eigenvalue weighted by Crippen LogP contribution is 2.17. The van der Waals surface area contributed by atoms with Crippen LogP contribution in [0.25, 0.3) is 0 Å². The van der Waals surface area contributed by atoms with Crippen molar-refractivity contribution >= 4 is 18.0 Å². The van der Waals surface area contributed by atoms with E-state index in [1.165, 1.54) is 6.08 Å². The number of rotatable bonds is 7. The predicted molar refractivity (Wildman–Crippen MR) is 84.3 cm³/mol. The first-order chi connectivity index (χ1) is 11.0. The third kappa shape index (κ3) is 5.61. The lowest BCUT2D eigenvalue weighted by atomic mass is 10.0. The van der Waals surface area contributed by atoms with Crippen LogP contribution in [-0.4, -0.2) is 37.2 Å². The molecule has 0 radical (unpaired) electrons. The first kappa shape index (κ1) is 18.5. The highest BCUT2D eigenvalue weighted by molar-refractivity contribution is 5.95. The van der Waals surface area contributed by atoms with Crippen molar-refractivity contribution in [2.24, 2.45) is 0 Å². The van der Waals surface area contributed by atoms with E-state index in [0.717, 1.165) is 0 Å². The number of urea groups is 1. The second kappa shape index (κ2) is 9.45. The van der Waals surface area contributed by atoms with E-state index in [1.54, 1.807) is 25.2 Å². The molecule has 7 nitrogen and oxygen atoms in total. The van der Waals surface area contributed by atoms with Gasteiger partial charge in [0.25, 0.3) is 0 Å². The minimum absolute atomic E-state index is 0.211. The van der Waals surface area contributed by atoms with Crippen LogP contribution < -0.4 is 10.6 Å². The number of amides is 2. The molecule has 0 aromatic carbocycles. The van der Waals surface area contributed by atoms with Gasteiger partial charge in [-0.05, 0) is 20.3 Å². The topological polar surface area (TPSA) is 93.7 Å². The lowest BCUT2D eigenvalue weighted by Gasteiger charge is -2.28. The van der Waals surface area contributed by atoms with Gasteiger partial charge in [-0.1, -0.05) is 25.2 Å². The molecule has 7 heteroatoms. The molecule has 0 aromatic rings. The number of esters is 2. The smallest absolute Gasteiger partial charge is 0.338 e. The van der Waals surface area contributed by atoms with Crippen molar-refractivity contribution in [3.05, 3.63) is 35.6 Å². The van der Waals surface area contributed by atoms with Gasteiger partial charge < -0.3 is 20.1 Å². The van der Waals surface area contributed by atoms with Crippen molar-refractivity contribution in [3.63, 3.8) is 0 Å². The van der Waals surface area contributed by atoms with Gasteiger partial charge in [0.1, 0.15) is 6.61 Å². The summed E-state index contributed by atoms with van der Waals surface area (Å²) in [5.74, 6) is -1.11. The molecular weight excluding hydrogens is 300 g/mol. The molecule has 0 fully saturated rings. The summed E-state index contributed by atoms with van der Waals surface area (Å²) in [5.41, 5.74) is 0.519. The summed E-state index contributed by atoms with van der Waals surface area (Å²) in [5, 5.41) is 5.15. The largest absolute Gasteiger partial charge is 0.463 e. The van der Waals surface area contributed by atoms with Crippen LogP contribution in [0.2, 0.25) is 0 Å². The van der Waals surface area contributed by atoms with Crippen molar-refractivity contribution < 1.29 is 23.9 Å². The highest BCUT2D eigenvalue weighted by atomic mass is 16.5. The Balaban J connectivity index is 2.92. The zero-order valence-electron chi connectivity index (χ0n) is 13.5. The van der Waals surface area contributed by atoms with E-state index in [-0.39, 0.29) is 24.5 Å². The summed E-state index contributed by atoms with van der Waals surface area (Å²) in [7, 11) is 0. The van der Waals surface area contributed by atoms with Gasteiger partial charge in [-0.15, -0.1) is 0 Å². The Morgan fingerprint density at radius 3 is 2.57 bits per heavy atom. The van der Waals surface area contributed by atoms with E-state index in [0.29, 0.717) is 6.42 Å². The van der Waals surface area contributed by atoms with E-state index in [9.17, 15) is 14.4 Å². The number of carbonyl (C=O) groups excluding carboxylic acids is 3. The van der Waals surface area contributed by atoms with Crippen molar-refractivity contribution in [1.82, 2.24) is 10.6 Å². The summed E-state index contributed by atoms with van der Waals surface area (Å²) >= 11 is 0. The minimum atomic E-state index is -0.570. The van der Waals surface area contributed by atoms with Crippen LogP contribution in [0.3, 0.4) is 0 Å². The molecule has 0 unspecified atom stereocenters. The Morgan fingerprint density at radius 2 is 1.96 bits per heavy atom. The monoisotopic (exact) mass is 322 g/mol. The number of nitrogens with one attached hydrogen (secondary N) is 2. The summed E-state index contributed by atoms with van der Waals surface area (Å²) in [4.78, 5) is 35.3. The average Bonchev–Trinajstić information content (AvgIpc) is 2.52. The maximum absolute atomic E-state index is 12.1. The van der Waals surface area contributed by atoms with Crippen molar-refractivity contribution in [2.45, 2.75) is 33.2 Å². The first-order valence-corrected chi connectivity index (χ1v) is 7.47. The second-order valence-electron chi connectivity index (χ2n) is 4.66. The molecule has 1 heterocycles. The Bertz CT molecular complexity index is 549. The van der Waals surface area contributed by atoms with Crippen LogP contribution in [0.1, 0.15) is 27.2 Å². The van der Waals surface area contributed by atoms with E-state index in [1.807, 2.05) is 13.8 Å². The van der Waals surface area contributed by atoms with Crippen molar-refractivity contribution in [1.29, 1.82) is 0 Å². The summed E-state index contributed by atoms with van der Waals surface area (Å²) in [6.45, 7) is 5.35. The second-order valence-corrected chi connectivity index (χ2v) is 4.66. The van der Waals surface area contributed by atoms with Gasteiger partial charge in [-0.2, -0.15) is 0 Å². The molecule has 0 bridgehead atoms. The van der Waals surface area contributed by atoms with Gasteiger partial charge in [0, 0.05) is 6.08 Å². The number of ether oxygens (including phenoxy) is 2. The summed E-state index contributed by atoms with van der Waals surface area (Å²) in [6.07, 6.45) is 6.76. The van der Waals surface area contributed by atoms with E-state index in [2.05, 4.69) is 10.6 Å². The molecule has 1 rings (SSSR count). The summed E-state index contributed by atoms with van der Waals surface area (Å²) < 4.78 is 10.1. The fourth-order valence-electron chi connectivity index (χ4n) is 2.01. The van der Waals surface area contributed by atoms with E-state index >= 15 is 0 Å². The fraction of sp³-hybridized carbons (Fsp3) is 0.438. The van der Waals surface area contributed by atoms with Gasteiger partial charge >= 0.3 is 18.0 Å². The average molecular weight is 322 g/mol. The lowest BCUT2D eigenvalue weighted by molar-refractivity contribution is -0.140. The SMILES string of the molecule is C/C=C/C=C/C(=O)OCC1=C(C(=O)OCC)[C@@H](CC)NC(=O)N1. The Hall–Kier alpha value is -2.57. The van der Waals surface area contributed by atoms with Gasteiger partial charge in [-0.3, -0.25) is 0 Å². The molecule has 1 aliphatic heterocycles. The molecule has 2 N–H and O–H groups in total. The molecule has 126 valence electrons. The molecular formula is C16H22N2O5. The van der Waals surface area contributed by atoms with Crippen LogP contribution in [-0.2, 0) is 19.1 Å². The zero-order chi connectivity index (χ0) is 17.2. The van der Waals surface area contributed by atoms with Crippen LogP contribution in [0, 0.1) is 0 Å². The van der Waals surface area contributed by atoms with Gasteiger partial charge in [-0.25, -0.2) is 14.4 Å². The Labute approximate surface area is 135 Å². The zero-order valence-corrected chi connectivity index (χ0v) is 13.5. The molecule has 0 saturated carbocycles. The quantitative estimate of drug-likeness (QED) is 0.421. The van der Waals surface area contributed by atoms with Gasteiger partial charge in [0.2, 0.25) is 0 Å². The Kier molecular flexibility index (Phi) is 7.59. The maximum atomic E-state index is 12.1. The number of hydrogen-bond acceptors (Lipinski definition) is 5. The molecule has 1 atom stereocenters. The van der Waals surface area contributed by atoms with Crippen LogP contribution in [0.4, 0.5) is 4.79 Å². The number of allylic oxidation sites excluding steroid dienone is 3. The van der Waals surface area contributed by atoms with Crippen LogP contribution >= 0.6 is 0 Å². The van der Waals surface area contributed by atoms with Crippen molar-refractivity contribution in [2.75, 3.05) is 13.2 Å².